The van der Waals surface area contributed by atoms with Crippen molar-refractivity contribution in [3.8, 4) is 0 Å². The maximum atomic E-state index is 2.46. The van der Waals surface area contributed by atoms with Crippen LogP contribution in [0, 0.1) is 0 Å². The first-order valence-electron chi connectivity index (χ1n) is 7.34. The van der Waals surface area contributed by atoms with Crippen LogP contribution in [0.1, 0.15) is 31.7 Å². The summed E-state index contributed by atoms with van der Waals surface area (Å²) in [6.45, 7) is 2.27. The van der Waals surface area contributed by atoms with Gasteiger partial charge in [-0.25, -0.2) is 0 Å². The van der Waals surface area contributed by atoms with E-state index in [1.165, 1.54) is 29.3 Å². The summed E-state index contributed by atoms with van der Waals surface area (Å²) in [5.41, 5.74) is 1.41. The Labute approximate surface area is 129 Å². The third-order valence-corrected chi connectivity index (χ3v) is 5.57. The molecule has 0 nitrogen and oxygen atoms in total. The second-order valence-corrected chi connectivity index (χ2v) is 7.40. The van der Waals surface area contributed by atoms with Crippen LogP contribution in [0.4, 0.5) is 0 Å². The molecule has 2 aromatic rings. The summed E-state index contributed by atoms with van der Waals surface area (Å²) in [5, 5.41) is 0. The fourth-order valence-electron chi connectivity index (χ4n) is 2.03. The fraction of sp³-hybridized carbons (Fsp3) is 0.263. The van der Waals surface area contributed by atoms with Crippen molar-refractivity contribution in [1.82, 2.24) is 0 Å². The van der Waals surface area contributed by atoms with E-state index in [2.05, 4.69) is 73.7 Å². The van der Waals surface area contributed by atoms with Gasteiger partial charge in [0, 0.05) is 0 Å². The van der Waals surface area contributed by atoms with Crippen LogP contribution in [-0.2, 0) is 6.42 Å². The molecule has 0 unspecified atom stereocenters. The third-order valence-electron chi connectivity index (χ3n) is 3.18. The number of unbranched alkanes of at least 4 members (excludes halogenated alkanes) is 1. The van der Waals surface area contributed by atoms with E-state index in [1.807, 2.05) is 0 Å². The molecule has 0 amide bonds. The first-order chi connectivity index (χ1) is 9.88. The molecule has 0 fully saturated rings. The fourth-order valence-corrected chi connectivity index (χ4v) is 4.15. The normalized spacial score (nSPS) is 11.6. The Bertz CT molecular complexity index is 514. The van der Waals surface area contributed by atoms with Gasteiger partial charge in [-0.15, -0.1) is 0 Å². The van der Waals surface area contributed by atoms with Crippen LogP contribution in [0.5, 0.6) is 0 Å². The van der Waals surface area contributed by atoms with Crippen molar-refractivity contribution in [2.45, 2.75) is 32.6 Å². The van der Waals surface area contributed by atoms with Crippen LogP contribution in [0.3, 0.4) is 0 Å². The SMILES string of the molecule is CCCC/C(=C/Cc1ccccc1)[Se]c1ccccc1. The van der Waals surface area contributed by atoms with Crippen LogP contribution in [0.15, 0.2) is 71.2 Å². The van der Waals surface area contributed by atoms with Crippen molar-refractivity contribution < 1.29 is 0 Å². The van der Waals surface area contributed by atoms with Gasteiger partial charge >= 0.3 is 129 Å². The van der Waals surface area contributed by atoms with E-state index in [0.717, 1.165) is 6.42 Å². The van der Waals surface area contributed by atoms with Gasteiger partial charge in [0.15, 0.2) is 0 Å². The Balaban J connectivity index is 2.02. The summed E-state index contributed by atoms with van der Waals surface area (Å²) in [6, 6.07) is 21.6. The second-order valence-electron chi connectivity index (χ2n) is 4.88. The molecule has 0 aliphatic carbocycles. The molecule has 0 radical (unpaired) electrons. The Morgan fingerprint density at radius 1 is 0.950 bits per heavy atom. The van der Waals surface area contributed by atoms with Crippen LogP contribution in [0.2, 0.25) is 0 Å². The summed E-state index contributed by atoms with van der Waals surface area (Å²) in [7, 11) is 0. The number of rotatable bonds is 7. The summed E-state index contributed by atoms with van der Waals surface area (Å²) < 4.78 is 3.12. The average molecular weight is 329 g/mol. The van der Waals surface area contributed by atoms with E-state index in [0.29, 0.717) is 15.0 Å². The Kier molecular flexibility index (Phi) is 6.63. The zero-order chi connectivity index (χ0) is 14.0. The van der Waals surface area contributed by atoms with Gasteiger partial charge in [-0.2, -0.15) is 0 Å². The molecule has 0 heterocycles. The van der Waals surface area contributed by atoms with Crippen molar-refractivity contribution in [3.05, 3.63) is 76.8 Å². The predicted octanol–water partition coefficient (Wildman–Crippen LogP) is 4.33. The molecule has 0 atom stereocenters. The van der Waals surface area contributed by atoms with Crippen LogP contribution in [0.25, 0.3) is 0 Å². The first kappa shape index (κ1) is 15.1. The quantitative estimate of drug-likeness (QED) is 0.663. The number of allylic oxidation sites excluding steroid dienone is 2. The van der Waals surface area contributed by atoms with E-state index >= 15 is 0 Å². The Morgan fingerprint density at radius 3 is 2.25 bits per heavy atom. The molecule has 1 heteroatoms. The van der Waals surface area contributed by atoms with Crippen molar-refractivity contribution in [2.75, 3.05) is 0 Å². The van der Waals surface area contributed by atoms with Gasteiger partial charge in [-0.05, 0) is 0 Å². The van der Waals surface area contributed by atoms with Crippen LogP contribution >= 0.6 is 0 Å². The van der Waals surface area contributed by atoms with E-state index in [4.69, 9.17) is 0 Å². The standard InChI is InChI=1S/C19H22Se/c1-2-3-12-19(20-18-13-8-5-9-14-18)16-15-17-10-6-4-7-11-17/h4-11,13-14,16H,2-3,12,15H2,1H3/b19-16-. The second kappa shape index (κ2) is 8.79. The third kappa shape index (κ3) is 5.36. The van der Waals surface area contributed by atoms with Crippen molar-refractivity contribution in [2.24, 2.45) is 0 Å². The van der Waals surface area contributed by atoms with Crippen molar-refractivity contribution in [3.63, 3.8) is 0 Å². The maximum absolute atomic E-state index is 2.46. The van der Waals surface area contributed by atoms with Crippen LogP contribution < -0.4 is 4.46 Å². The zero-order valence-corrected chi connectivity index (χ0v) is 13.8. The topological polar surface area (TPSA) is 0 Å². The number of hydrogen-bond donors (Lipinski definition) is 0. The van der Waals surface area contributed by atoms with Gasteiger partial charge in [0.25, 0.3) is 0 Å². The summed E-state index contributed by atoms with van der Waals surface area (Å²) in [6.07, 6.45) is 7.34. The zero-order valence-electron chi connectivity index (χ0n) is 12.1. The van der Waals surface area contributed by atoms with Gasteiger partial charge < -0.3 is 0 Å². The summed E-state index contributed by atoms with van der Waals surface area (Å²) in [4.78, 5) is 0. The molecule has 104 valence electrons. The molecule has 20 heavy (non-hydrogen) atoms. The summed E-state index contributed by atoms with van der Waals surface area (Å²) >= 11 is 0.477. The van der Waals surface area contributed by atoms with E-state index < -0.39 is 0 Å². The Hall–Kier alpha value is -1.30. The van der Waals surface area contributed by atoms with Crippen molar-refractivity contribution >= 4 is 19.4 Å². The molecular formula is C19H22Se. The molecule has 2 aromatic carbocycles. The van der Waals surface area contributed by atoms with E-state index in [-0.39, 0.29) is 0 Å². The summed E-state index contributed by atoms with van der Waals surface area (Å²) in [5.74, 6) is 0. The van der Waals surface area contributed by atoms with Gasteiger partial charge in [-0.1, -0.05) is 0 Å². The molecule has 0 N–H and O–H groups in total. The molecule has 0 spiro atoms. The Morgan fingerprint density at radius 2 is 1.60 bits per heavy atom. The van der Waals surface area contributed by atoms with Gasteiger partial charge in [0.2, 0.25) is 0 Å². The van der Waals surface area contributed by atoms with Crippen LogP contribution in [-0.4, -0.2) is 15.0 Å². The molecule has 0 aliphatic rings. The number of benzene rings is 2. The van der Waals surface area contributed by atoms with E-state index in [9.17, 15) is 0 Å². The average Bonchev–Trinajstić information content (AvgIpc) is 2.52. The van der Waals surface area contributed by atoms with Gasteiger partial charge in [-0.3, -0.25) is 0 Å². The van der Waals surface area contributed by atoms with Crippen molar-refractivity contribution in [1.29, 1.82) is 0 Å². The molecule has 2 rings (SSSR count). The number of hydrogen-bond acceptors (Lipinski definition) is 0. The first-order valence-corrected chi connectivity index (χ1v) is 9.05. The van der Waals surface area contributed by atoms with Gasteiger partial charge in [0.05, 0.1) is 0 Å². The monoisotopic (exact) mass is 330 g/mol. The molecular weight excluding hydrogens is 307 g/mol. The minimum absolute atomic E-state index is 0.477. The minimum atomic E-state index is 0.477. The molecule has 0 bridgehead atoms. The molecule has 0 saturated carbocycles. The molecule has 0 aromatic heterocycles. The molecule has 0 saturated heterocycles. The predicted molar refractivity (Wildman–Crippen MR) is 89.6 cm³/mol. The molecule has 0 aliphatic heterocycles. The van der Waals surface area contributed by atoms with E-state index in [1.54, 1.807) is 4.47 Å². The van der Waals surface area contributed by atoms with Gasteiger partial charge in [0.1, 0.15) is 0 Å².